The van der Waals surface area contributed by atoms with Gasteiger partial charge in [-0.15, -0.1) is 11.3 Å². The first-order valence-corrected chi connectivity index (χ1v) is 8.98. The van der Waals surface area contributed by atoms with Crippen molar-refractivity contribution in [3.05, 3.63) is 28.8 Å². The van der Waals surface area contributed by atoms with Crippen LogP contribution in [0.3, 0.4) is 0 Å². The standard InChI is InChI=1S/C17H21N3O2S/c1-12-19-14-10-13(2-3-15(14)23-12)16(21)20-8-9-22-17(11-20)4-6-18-7-5-17/h2-3,10,18H,4-9,11H2,1H3. The third kappa shape index (κ3) is 2.86. The molecule has 6 heteroatoms. The van der Waals surface area contributed by atoms with Crippen molar-refractivity contribution < 1.29 is 9.53 Å². The average molecular weight is 331 g/mol. The summed E-state index contributed by atoms with van der Waals surface area (Å²) in [6, 6.07) is 5.85. The van der Waals surface area contributed by atoms with Gasteiger partial charge in [0.15, 0.2) is 0 Å². The fourth-order valence-corrected chi connectivity index (χ4v) is 4.37. The molecule has 0 saturated carbocycles. The molecule has 5 nitrogen and oxygen atoms in total. The predicted octanol–water partition coefficient (Wildman–Crippen LogP) is 2.20. The number of amides is 1. The van der Waals surface area contributed by atoms with Gasteiger partial charge in [-0.3, -0.25) is 4.79 Å². The Morgan fingerprint density at radius 3 is 3.04 bits per heavy atom. The molecular formula is C17H21N3O2S. The van der Waals surface area contributed by atoms with E-state index in [1.165, 1.54) is 0 Å². The molecule has 1 N–H and O–H groups in total. The number of aromatic nitrogens is 1. The van der Waals surface area contributed by atoms with Gasteiger partial charge in [0.1, 0.15) is 0 Å². The largest absolute Gasteiger partial charge is 0.371 e. The lowest BCUT2D eigenvalue weighted by Crippen LogP contribution is -2.57. The highest BCUT2D eigenvalue weighted by Crippen LogP contribution is 2.29. The Morgan fingerprint density at radius 1 is 1.39 bits per heavy atom. The first-order chi connectivity index (χ1) is 11.2. The van der Waals surface area contributed by atoms with Gasteiger partial charge in [0.25, 0.3) is 5.91 Å². The van der Waals surface area contributed by atoms with Crippen LogP contribution in [0, 0.1) is 6.92 Å². The molecule has 1 aromatic heterocycles. The zero-order chi connectivity index (χ0) is 15.9. The van der Waals surface area contributed by atoms with Gasteiger partial charge in [0.2, 0.25) is 0 Å². The average Bonchev–Trinajstić information content (AvgIpc) is 2.94. The molecule has 2 saturated heterocycles. The van der Waals surface area contributed by atoms with Crippen molar-refractivity contribution in [1.82, 2.24) is 15.2 Å². The normalized spacial score (nSPS) is 21.0. The van der Waals surface area contributed by atoms with Gasteiger partial charge in [-0.2, -0.15) is 0 Å². The Labute approximate surface area is 139 Å². The van der Waals surface area contributed by atoms with Crippen molar-refractivity contribution in [2.45, 2.75) is 25.4 Å². The molecule has 1 aromatic carbocycles. The van der Waals surface area contributed by atoms with Gasteiger partial charge in [0, 0.05) is 12.1 Å². The third-order valence-electron chi connectivity index (χ3n) is 4.79. The number of nitrogens with one attached hydrogen (secondary N) is 1. The van der Waals surface area contributed by atoms with Crippen LogP contribution in [-0.2, 0) is 4.74 Å². The SMILES string of the molecule is Cc1nc2cc(C(=O)N3CCOC4(CCNCC4)C3)ccc2s1. The lowest BCUT2D eigenvalue weighted by Gasteiger charge is -2.45. The van der Waals surface area contributed by atoms with Gasteiger partial charge in [-0.25, -0.2) is 4.98 Å². The molecule has 0 atom stereocenters. The summed E-state index contributed by atoms with van der Waals surface area (Å²) in [7, 11) is 0. The molecule has 2 aliphatic heterocycles. The van der Waals surface area contributed by atoms with E-state index in [2.05, 4.69) is 10.3 Å². The van der Waals surface area contributed by atoms with Crippen molar-refractivity contribution in [3.63, 3.8) is 0 Å². The highest BCUT2D eigenvalue weighted by atomic mass is 32.1. The summed E-state index contributed by atoms with van der Waals surface area (Å²) >= 11 is 1.66. The number of piperidine rings is 1. The topological polar surface area (TPSA) is 54.5 Å². The van der Waals surface area contributed by atoms with Crippen LogP contribution >= 0.6 is 11.3 Å². The Morgan fingerprint density at radius 2 is 2.22 bits per heavy atom. The molecule has 0 unspecified atom stereocenters. The van der Waals surface area contributed by atoms with E-state index in [-0.39, 0.29) is 11.5 Å². The first-order valence-electron chi connectivity index (χ1n) is 8.16. The second-order valence-electron chi connectivity index (χ2n) is 6.42. The molecule has 1 amide bonds. The van der Waals surface area contributed by atoms with Crippen LogP contribution in [0.2, 0.25) is 0 Å². The number of benzene rings is 1. The number of carbonyl (C=O) groups is 1. The summed E-state index contributed by atoms with van der Waals surface area (Å²) < 4.78 is 7.19. The minimum atomic E-state index is -0.152. The quantitative estimate of drug-likeness (QED) is 0.870. The fraction of sp³-hybridized carbons (Fsp3) is 0.529. The van der Waals surface area contributed by atoms with Gasteiger partial charge >= 0.3 is 0 Å². The van der Waals surface area contributed by atoms with E-state index in [4.69, 9.17) is 4.74 Å². The van der Waals surface area contributed by atoms with Crippen LogP contribution in [0.4, 0.5) is 0 Å². The van der Waals surface area contributed by atoms with Gasteiger partial charge in [-0.1, -0.05) is 0 Å². The van der Waals surface area contributed by atoms with Gasteiger partial charge in [-0.05, 0) is 51.1 Å². The lowest BCUT2D eigenvalue weighted by molar-refractivity contribution is -0.114. The molecule has 1 spiro atoms. The minimum Gasteiger partial charge on any atom is -0.371 e. The molecule has 3 heterocycles. The van der Waals surface area contributed by atoms with Gasteiger partial charge < -0.3 is 15.0 Å². The summed E-state index contributed by atoms with van der Waals surface area (Å²) in [5.74, 6) is 0.0961. The predicted molar refractivity (Wildman–Crippen MR) is 91.0 cm³/mol. The molecule has 0 radical (unpaired) electrons. The number of thiazole rings is 1. The van der Waals surface area contributed by atoms with Crippen LogP contribution < -0.4 is 5.32 Å². The number of hydrogen-bond donors (Lipinski definition) is 1. The van der Waals surface area contributed by atoms with E-state index in [1.54, 1.807) is 11.3 Å². The second-order valence-corrected chi connectivity index (χ2v) is 7.66. The fourth-order valence-electron chi connectivity index (χ4n) is 3.56. The molecule has 0 bridgehead atoms. The van der Waals surface area contributed by atoms with Gasteiger partial charge in [0.05, 0.1) is 34.0 Å². The number of morpholine rings is 1. The van der Waals surface area contributed by atoms with Crippen molar-refractivity contribution in [2.24, 2.45) is 0 Å². The zero-order valence-corrected chi connectivity index (χ0v) is 14.1. The highest BCUT2D eigenvalue weighted by Gasteiger charge is 2.39. The smallest absolute Gasteiger partial charge is 0.254 e. The van der Waals surface area contributed by atoms with E-state index in [0.29, 0.717) is 19.7 Å². The Balaban J connectivity index is 1.56. The summed E-state index contributed by atoms with van der Waals surface area (Å²) in [6.07, 6.45) is 1.95. The van der Waals surface area contributed by atoms with Crippen molar-refractivity contribution in [1.29, 1.82) is 0 Å². The van der Waals surface area contributed by atoms with Crippen LogP contribution in [-0.4, -0.2) is 54.2 Å². The maximum atomic E-state index is 12.9. The van der Waals surface area contributed by atoms with Crippen LogP contribution in [0.1, 0.15) is 28.2 Å². The summed E-state index contributed by atoms with van der Waals surface area (Å²) in [5.41, 5.74) is 1.50. The molecular weight excluding hydrogens is 310 g/mol. The number of fused-ring (bicyclic) bond motifs is 1. The van der Waals surface area contributed by atoms with E-state index >= 15 is 0 Å². The van der Waals surface area contributed by atoms with E-state index in [1.807, 2.05) is 30.0 Å². The Hall–Kier alpha value is -1.50. The first kappa shape index (κ1) is 15.1. The summed E-state index contributed by atoms with van der Waals surface area (Å²) in [6.45, 7) is 5.92. The van der Waals surface area contributed by atoms with E-state index in [0.717, 1.165) is 46.7 Å². The maximum Gasteiger partial charge on any atom is 0.254 e. The van der Waals surface area contributed by atoms with E-state index in [9.17, 15) is 4.79 Å². The molecule has 2 aliphatic rings. The van der Waals surface area contributed by atoms with Crippen molar-refractivity contribution >= 4 is 27.5 Å². The van der Waals surface area contributed by atoms with Crippen LogP contribution in [0.15, 0.2) is 18.2 Å². The number of ether oxygens (including phenoxy) is 1. The Kier molecular flexibility index (Phi) is 3.83. The third-order valence-corrected chi connectivity index (χ3v) is 5.74. The lowest BCUT2D eigenvalue weighted by atomic mass is 9.90. The van der Waals surface area contributed by atoms with Crippen molar-refractivity contribution in [2.75, 3.05) is 32.8 Å². The number of nitrogens with zero attached hydrogens (tertiary/aromatic N) is 2. The van der Waals surface area contributed by atoms with Crippen LogP contribution in [0.25, 0.3) is 10.2 Å². The molecule has 4 rings (SSSR count). The summed E-state index contributed by atoms with van der Waals surface area (Å²) in [5, 5.41) is 4.40. The van der Waals surface area contributed by atoms with E-state index < -0.39 is 0 Å². The van der Waals surface area contributed by atoms with Crippen molar-refractivity contribution in [3.8, 4) is 0 Å². The summed E-state index contributed by atoms with van der Waals surface area (Å²) in [4.78, 5) is 19.4. The molecule has 23 heavy (non-hydrogen) atoms. The maximum absolute atomic E-state index is 12.9. The van der Waals surface area contributed by atoms with Crippen LogP contribution in [0.5, 0.6) is 0 Å². The second kappa shape index (κ2) is 5.85. The number of aryl methyl sites for hydroxylation is 1. The molecule has 2 aromatic rings. The zero-order valence-electron chi connectivity index (χ0n) is 13.3. The monoisotopic (exact) mass is 331 g/mol. The molecule has 2 fully saturated rings. The number of hydrogen-bond acceptors (Lipinski definition) is 5. The Bertz CT molecular complexity index is 731. The minimum absolute atomic E-state index is 0.0961. The molecule has 0 aliphatic carbocycles. The number of rotatable bonds is 1. The molecule has 122 valence electrons. The highest BCUT2D eigenvalue weighted by molar-refractivity contribution is 7.18. The number of carbonyl (C=O) groups excluding carboxylic acids is 1.